The zero-order valence-electron chi connectivity index (χ0n) is 10.8. The zero-order valence-corrected chi connectivity index (χ0v) is 10.8. The maximum absolute atomic E-state index is 11.3. The van der Waals surface area contributed by atoms with E-state index in [0.717, 1.165) is 33.8 Å². The van der Waals surface area contributed by atoms with Crippen molar-refractivity contribution >= 4 is 11.0 Å². The van der Waals surface area contributed by atoms with Gasteiger partial charge < -0.3 is 20.3 Å². The molecule has 0 fully saturated rings. The topological polar surface area (TPSA) is 92.5 Å². The van der Waals surface area contributed by atoms with E-state index in [-0.39, 0.29) is 5.69 Å². The summed E-state index contributed by atoms with van der Waals surface area (Å²) in [6, 6.07) is 5.74. The molecule has 6 heteroatoms. The van der Waals surface area contributed by atoms with Crippen LogP contribution in [-0.4, -0.2) is 19.5 Å². The van der Waals surface area contributed by atoms with Crippen LogP contribution in [0.5, 0.6) is 0 Å². The molecule has 0 saturated carbocycles. The molecule has 3 rings (SSSR count). The number of imidazole rings is 2. The quantitative estimate of drug-likeness (QED) is 0.640. The summed E-state index contributed by atoms with van der Waals surface area (Å²) in [6.07, 6.45) is 0. The summed E-state index contributed by atoms with van der Waals surface area (Å²) in [4.78, 5) is 21.3. The Morgan fingerprint density at radius 1 is 1.32 bits per heavy atom. The summed E-state index contributed by atoms with van der Waals surface area (Å²) in [5, 5.41) is 0. The number of benzene rings is 1. The van der Waals surface area contributed by atoms with E-state index in [1.54, 1.807) is 0 Å². The molecule has 0 atom stereocenters. The van der Waals surface area contributed by atoms with Crippen LogP contribution in [0.15, 0.2) is 23.0 Å². The molecule has 19 heavy (non-hydrogen) atoms. The van der Waals surface area contributed by atoms with E-state index in [9.17, 15) is 4.79 Å². The third kappa shape index (κ3) is 1.77. The van der Waals surface area contributed by atoms with Gasteiger partial charge in [-0.05, 0) is 19.1 Å². The van der Waals surface area contributed by atoms with Gasteiger partial charge in [0.15, 0.2) is 0 Å². The van der Waals surface area contributed by atoms with Gasteiger partial charge in [0, 0.05) is 18.3 Å². The van der Waals surface area contributed by atoms with Crippen molar-refractivity contribution in [3.8, 4) is 11.3 Å². The monoisotopic (exact) mass is 257 g/mol. The standard InChI is InChI=1S/C13H15N5O/c1-7-12(17-11(6-14)18(7)2)8-3-4-9-10(5-8)16-13(19)15-9/h3-5H,6,14H2,1-2H3,(H2,15,16,19). The molecule has 1 aromatic carbocycles. The van der Waals surface area contributed by atoms with Gasteiger partial charge in [-0.1, -0.05) is 6.07 Å². The lowest BCUT2D eigenvalue weighted by atomic mass is 10.1. The first-order valence-electron chi connectivity index (χ1n) is 6.05. The summed E-state index contributed by atoms with van der Waals surface area (Å²) in [5.41, 5.74) is 9.96. The molecular formula is C13H15N5O. The van der Waals surface area contributed by atoms with Crippen LogP contribution in [0.2, 0.25) is 0 Å². The molecule has 0 unspecified atom stereocenters. The van der Waals surface area contributed by atoms with Crippen molar-refractivity contribution in [2.24, 2.45) is 12.8 Å². The number of rotatable bonds is 2. The minimum absolute atomic E-state index is 0.201. The Morgan fingerprint density at radius 3 is 2.74 bits per heavy atom. The third-order valence-corrected chi connectivity index (χ3v) is 3.45. The average molecular weight is 257 g/mol. The van der Waals surface area contributed by atoms with Crippen LogP contribution in [0.4, 0.5) is 0 Å². The van der Waals surface area contributed by atoms with Crippen molar-refractivity contribution < 1.29 is 0 Å². The van der Waals surface area contributed by atoms with Crippen LogP contribution in [0.1, 0.15) is 11.5 Å². The molecule has 4 N–H and O–H groups in total. The molecule has 0 aliphatic heterocycles. The normalized spacial score (nSPS) is 11.3. The summed E-state index contributed by atoms with van der Waals surface area (Å²) in [6.45, 7) is 2.41. The fourth-order valence-corrected chi connectivity index (χ4v) is 2.27. The molecule has 2 aromatic heterocycles. The second-order valence-corrected chi connectivity index (χ2v) is 4.56. The van der Waals surface area contributed by atoms with E-state index in [4.69, 9.17) is 5.73 Å². The van der Waals surface area contributed by atoms with Gasteiger partial charge in [0.25, 0.3) is 0 Å². The molecule has 0 aliphatic carbocycles. The Kier molecular flexibility index (Phi) is 2.53. The molecule has 0 amide bonds. The van der Waals surface area contributed by atoms with Crippen LogP contribution in [0.25, 0.3) is 22.3 Å². The number of fused-ring (bicyclic) bond motifs is 1. The molecule has 98 valence electrons. The number of H-pyrrole nitrogens is 2. The lowest BCUT2D eigenvalue weighted by Crippen LogP contribution is -2.05. The Hall–Kier alpha value is -2.34. The molecule has 0 radical (unpaired) electrons. The first-order valence-corrected chi connectivity index (χ1v) is 6.05. The molecule has 3 aromatic rings. The van der Waals surface area contributed by atoms with Gasteiger partial charge in [-0.3, -0.25) is 0 Å². The van der Waals surface area contributed by atoms with Crippen molar-refractivity contribution in [3.05, 3.63) is 40.2 Å². The zero-order chi connectivity index (χ0) is 13.6. The maximum atomic E-state index is 11.3. The first kappa shape index (κ1) is 11.7. The number of nitrogens with two attached hydrogens (primary N) is 1. The fourth-order valence-electron chi connectivity index (χ4n) is 2.27. The third-order valence-electron chi connectivity index (χ3n) is 3.45. The number of aromatic nitrogens is 4. The van der Waals surface area contributed by atoms with Crippen LogP contribution < -0.4 is 11.4 Å². The van der Waals surface area contributed by atoms with E-state index in [1.807, 2.05) is 36.7 Å². The molecule has 6 nitrogen and oxygen atoms in total. The highest BCUT2D eigenvalue weighted by molar-refractivity contribution is 5.81. The van der Waals surface area contributed by atoms with Crippen LogP contribution in [0.3, 0.4) is 0 Å². The van der Waals surface area contributed by atoms with E-state index in [1.165, 1.54) is 0 Å². The van der Waals surface area contributed by atoms with Crippen LogP contribution in [-0.2, 0) is 13.6 Å². The minimum Gasteiger partial charge on any atom is -0.334 e. The lowest BCUT2D eigenvalue weighted by Gasteiger charge is -2.01. The van der Waals surface area contributed by atoms with Crippen molar-refractivity contribution in [3.63, 3.8) is 0 Å². The fraction of sp³-hybridized carbons (Fsp3) is 0.231. The highest BCUT2D eigenvalue weighted by atomic mass is 16.1. The summed E-state index contributed by atoms with van der Waals surface area (Å²) in [7, 11) is 1.95. The van der Waals surface area contributed by atoms with Gasteiger partial charge in [0.2, 0.25) is 0 Å². The number of nitrogens with zero attached hydrogens (tertiary/aromatic N) is 2. The number of nitrogens with one attached hydrogen (secondary N) is 2. The van der Waals surface area contributed by atoms with Gasteiger partial charge in [-0.25, -0.2) is 9.78 Å². The number of aromatic amines is 2. The van der Waals surface area contributed by atoms with Gasteiger partial charge in [0.05, 0.1) is 23.3 Å². The van der Waals surface area contributed by atoms with E-state index < -0.39 is 0 Å². The second-order valence-electron chi connectivity index (χ2n) is 4.56. The molecule has 0 bridgehead atoms. The molecule has 0 aliphatic rings. The SMILES string of the molecule is Cc1c(-c2ccc3[nH]c(=O)[nH]c3c2)nc(CN)n1C. The summed E-state index contributed by atoms with van der Waals surface area (Å²) < 4.78 is 1.99. The molecule has 0 saturated heterocycles. The summed E-state index contributed by atoms with van der Waals surface area (Å²) in [5.74, 6) is 0.843. The Labute approximate surface area is 109 Å². The number of hydrogen-bond acceptors (Lipinski definition) is 3. The predicted octanol–water partition coefficient (Wildman–Crippen LogP) is 1.02. The number of hydrogen-bond donors (Lipinski definition) is 3. The molecule has 2 heterocycles. The van der Waals surface area contributed by atoms with Gasteiger partial charge in [-0.15, -0.1) is 0 Å². The van der Waals surface area contributed by atoms with Crippen LogP contribution >= 0.6 is 0 Å². The van der Waals surface area contributed by atoms with Gasteiger partial charge in [0.1, 0.15) is 5.82 Å². The van der Waals surface area contributed by atoms with Crippen molar-refractivity contribution in [2.75, 3.05) is 0 Å². The lowest BCUT2D eigenvalue weighted by molar-refractivity contribution is 0.774. The van der Waals surface area contributed by atoms with Crippen molar-refractivity contribution in [1.29, 1.82) is 0 Å². The van der Waals surface area contributed by atoms with Gasteiger partial charge in [-0.2, -0.15) is 0 Å². The van der Waals surface area contributed by atoms with Crippen LogP contribution in [0, 0.1) is 6.92 Å². The van der Waals surface area contributed by atoms with E-state index in [2.05, 4.69) is 15.0 Å². The van der Waals surface area contributed by atoms with Gasteiger partial charge >= 0.3 is 5.69 Å². The second kappa shape index (κ2) is 4.10. The van der Waals surface area contributed by atoms with Crippen molar-refractivity contribution in [1.82, 2.24) is 19.5 Å². The maximum Gasteiger partial charge on any atom is 0.323 e. The highest BCUT2D eigenvalue weighted by Gasteiger charge is 2.12. The minimum atomic E-state index is -0.201. The predicted molar refractivity (Wildman–Crippen MR) is 73.7 cm³/mol. The van der Waals surface area contributed by atoms with E-state index in [0.29, 0.717) is 6.54 Å². The summed E-state index contributed by atoms with van der Waals surface area (Å²) >= 11 is 0. The molecule has 0 spiro atoms. The van der Waals surface area contributed by atoms with E-state index >= 15 is 0 Å². The average Bonchev–Trinajstić information content (AvgIpc) is 2.90. The Morgan fingerprint density at radius 2 is 2.05 bits per heavy atom. The first-order chi connectivity index (χ1) is 9.10. The highest BCUT2D eigenvalue weighted by Crippen LogP contribution is 2.25. The Balaban J connectivity index is 2.21. The Bertz CT molecular complexity index is 808. The van der Waals surface area contributed by atoms with Crippen molar-refractivity contribution in [2.45, 2.75) is 13.5 Å². The molecular weight excluding hydrogens is 242 g/mol. The largest absolute Gasteiger partial charge is 0.334 e. The smallest absolute Gasteiger partial charge is 0.323 e.